The van der Waals surface area contributed by atoms with E-state index in [9.17, 15) is 14.4 Å². The largest absolute Gasteiger partial charge is 0.357 e. The summed E-state index contributed by atoms with van der Waals surface area (Å²) in [5.41, 5.74) is 7.29. The van der Waals surface area contributed by atoms with Crippen molar-refractivity contribution in [2.45, 2.75) is 84.1 Å². The van der Waals surface area contributed by atoms with Gasteiger partial charge in [0.25, 0.3) is 5.91 Å². The van der Waals surface area contributed by atoms with E-state index in [1.807, 2.05) is 29.2 Å². The van der Waals surface area contributed by atoms with Crippen LogP contribution in [-0.2, 0) is 22.4 Å². The highest BCUT2D eigenvalue weighted by Gasteiger charge is 2.38. The Labute approximate surface area is 299 Å². The second-order valence-corrected chi connectivity index (χ2v) is 16.7. The summed E-state index contributed by atoms with van der Waals surface area (Å²) in [7, 11) is 0. The number of benzene rings is 1. The van der Waals surface area contributed by atoms with Gasteiger partial charge in [0.2, 0.25) is 11.8 Å². The van der Waals surface area contributed by atoms with Crippen LogP contribution in [0.25, 0.3) is 22.3 Å². The number of carbonyl (C=O) groups excluding carboxylic acids is 3. The minimum absolute atomic E-state index is 0.0876. The van der Waals surface area contributed by atoms with Gasteiger partial charge in [-0.3, -0.25) is 29.7 Å². The highest BCUT2D eigenvalue weighted by atomic mass is 16.2. The lowest BCUT2D eigenvalue weighted by atomic mass is 9.76. The van der Waals surface area contributed by atoms with Crippen molar-refractivity contribution in [3.8, 4) is 11.4 Å². The van der Waals surface area contributed by atoms with Crippen molar-refractivity contribution in [1.29, 1.82) is 0 Å². The molecule has 8 rings (SSSR count). The molecule has 3 aromatic heterocycles. The average Bonchev–Trinajstić information content (AvgIpc) is 3.72. The van der Waals surface area contributed by atoms with Crippen molar-refractivity contribution in [3.05, 3.63) is 65.0 Å². The third kappa shape index (κ3) is 6.68. The molecule has 11 heteroatoms. The summed E-state index contributed by atoms with van der Waals surface area (Å²) in [5, 5.41) is 11.5. The van der Waals surface area contributed by atoms with Crippen molar-refractivity contribution in [2.24, 2.45) is 11.3 Å². The zero-order valence-electron chi connectivity index (χ0n) is 30.3. The van der Waals surface area contributed by atoms with Crippen LogP contribution in [0.2, 0.25) is 0 Å². The van der Waals surface area contributed by atoms with E-state index in [0.29, 0.717) is 37.3 Å². The number of pyridine rings is 1. The van der Waals surface area contributed by atoms with Gasteiger partial charge in [0.15, 0.2) is 0 Å². The molecule has 4 aliphatic rings. The van der Waals surface area contributed by atoms with Gasteiger partial charge in [-0.1, -0.05) is 26.0 Å². The number of piperazine rings is 1. The number of piperidine rings is 2. The van der Waals surface area contributed by atoms with Gasteiger partial charge in [0.05, 0.1) is 11.6 Å². The van der Waals surface area contributed by atoms with Crippen LogP contribution in [0.3, 0.4) is 0 Å². The Morgan fingerprint density at radius 1 is 0.961 bits per heavy atom. The van der Waals surface area contributed by atoms with Gasteiger partial charge in [-0.25, -0.2) is 4.98 Å². The van der Waals surface area contributed by atoms with Crippen LogP contribution >= 0.6 is 0 Å². The molecule has 6 heterocycles. The zero-order valence-corrected chi connectivity index (χ0v) is 30.3. The molecular formula is C40H50N8O3. The zero-order chi connectivity index (χ0) is 35.5. The van der Waals surface area contributed by atoms with Gasteiger partial charge in [-0.05, 0) is 93.5 Å². The van der Waals surface area contributed by atoms with Crippen LogP contribution < -0.4 is 10.2 Å². The topological polar surface area (TPSA) is 130 Å². The SMILES string of the molecule is CC1(C)CCc2c(-c3cc4ccc(C(=O)N5CCN(CC6CCN(c7ccc(C8CCC(=O)NC8=O)cn7)CC6)C(C)(C)C5)cc4[nH]3)n[nH]c2C1. The fraction of sp³-hybridized carbons (Fsp3) is 0.525. The third-order valence-electron chi connectivity index (χ3n) is 12.0. The normalized spacial score (nSPS) is 22.6. The molecule has 0 saturated carbocycles. The molecule has 0 spiro atoms. The van der Waals surface area contributed by atoms with Crippen LogP contribution in [0.1, 0.15) is 92.9 Å². The van der Waals surface area contributed by atoms with Gasteiger partial charge in [-0.15, -0.1) is 0 Å². The van der Waals surface area contributed by atoms with Gasteiger partial charge in [0.1, 0.15) is 11.5 Å². The first kappa shape index (κ1) is 33.6. The standard InChI is InChI=1S/C40H50N8O3/c1-39(2)14-11-30-33(21-39)44-45-36(30)32-19-26-5-6-27(20-31(26)42-32)38(51)47-17-18-48(40(3,4)24-47)23-25-12-15-46(16-13-25)34-9-7-28(22-41-34)29-8-10-35(49)43-37(29)50/h5-7,9,19-20,22,25,29,42H,8,10-18,21,23-24H2,1-4H3,(H,44,45)(H,43,49,50). The lowest BCUT2D eigenvalue weighted by Gasteiger charge is -2.49. The molecule has 3 saturated heterocycles. The van der Waals surface area contributed by atoms with Crippen LogP contribution in [0.15, 0.2) is 42.6 Å². The Kier molecular flexibility index (Phi) is 8.52. The van der Waals surface area contributed by atoms with Crippen LogP contribution in [0, 0.1) is 11.3 Å². The number of fused-ring (bicyclic) bond motifs is 2. The summed E-state index contributed by atoms with van der Waals surface area (Å²) >= 11 is 0. The number of aromatic amines is 2. The molecule has 1 unspecified atom stereocenters. The number of amides is 3. The summed E-state index contributed by atoms with van der Waals surface area (Å²) in [6.45, 7) is 14.3. The number of nitrogens with one attached hydrogen (secondary N) is 3. The van der Waals surface area contributed by atoms with Crippen LogP contribution in [0.4, 0.5) is 5.82 Å². The molecule has 51 heavy (non-hydrogen) atoms. The Morgan fingerprint density at radius 3 is 2.53 bits per heavy atom. The predicted octanol–water partition coefficient (Wildman–Crippen LogP) is 5.44. The maximum atomic E-state index is 13.9. The number of hydrogen-bond acceptors (Lipinski definition) is 7. The first-order valence-corrected chi connectivity index (χ1v) is 18.7. The summed E-state index contributed by atoms with van der Waals surface area (Å²) in [6, 6.07) is 12.2. The molecule has 1 aromatic carbocycles. The number of imide groups is 1. The molecule has 4 aromatic rings. The van der Waals surface area contributed by atoms with E-state index in [1.165, 1.54) is 11.3 Å². The van der Waals surface area contributed by atoms with E-state index in [1.54, 1.807) is 6.20 Å². The highest BCUT2D eigenvalue weighted by Crippen LogP contribution is 2.38. The van der Waals surface area contributed by atoms with Crippen molar-refractivity contribution in [2.75, 3.05) is 44.2 Å². The Balaban J connectivity index is 0.857. The summed E-state index contributed by atoms with van der Waals surface area (Å²) in [5.74, 6) is 0.878. The molecule has 3 N–H and O–H groups in total. The maximum Gasteiger partial charge on any atom is 0.254 e. The minimum atomic E-state index is -0.309. The summed E-state index contributed by atoms with van der Waals surface area (Å²) < 4.78 is 0. The van der Waals surface area contributed by atoms with Gasteiger partial charge in [0, 0.05) is 85.1 Å². The number of nitrogens with zero attached hydrogens (tertiary/aromatic N) is 5. The third-order valence-corrected chi connectivity index (χ3v) is 12.0. The van der Waals surface area contributed by atoms with Crippen molar-refractivity contribution in [1.82, 2.24) is 35.3 Å². The molecular weight excluding hydrogens is 640 g/mol. The molecule has 1 aliphatic carbocycles. The Bertz CT molecular complexity index is 1970. The lowest BCUT2D eigenvalue weighted by molar-refractivity contribution is -0.134. The van der Waals surface area contributed by atoms with E-state index in [0.717, 1.165) is 97.5 Å². The predicted molar refractivity (Wildman–Crippen MR) is 198 cm³/mol. The first-order valence-electron chi connectivity index (χ1n) is 18.7. The Morgan fingerprint density at radius 2 is 1.78 bits per heavy atom. The maximum absolute atomic E-state index is 13.9. The monoisotopic (exact) mass is 690 g/mol. The van der Waals surface area contributed by atoms with E-state index in [4.69, 9.17) is 10.1 Å². The second kappa shape index (κ2) is 12.9. The van der Waals surface area contributed by atoms with Crippen LogP contribution in [-0.4, -0.2) is 92.5 Å². The fourth-order valence-corrected chi connectivity index (χ4v) is 8.80. The number of aromatic nitrogens is 4. The fourth-order valence-electron chi connectivity index (χ4n) is 8.80. The van der Waals surface area contributed by atoms with E-state index < -0.39 is 0 Å². The number of anilines is 1. The molecule has 3 amide bonds. The van der Waals surface area contributed by atoms with E-state index in [-0.39, 0.29) is 29.2 Å². The molecule has 3 aliphatic heterocycles. The molecule has 3 fully saturated rings. The van der Waals surface area contributed by atoms with Crippen molar-refractivity contribution < 1.29 is 14.4 Å². The first-order chi connectivity index (χ1) is 24.4. The van der Waals surface area contributed by atoms with Crippen molar-refractivity contribution in [3.63, 3.8) is 0 Å². The molecule has 11 nitrogen and oxygen atoms in total. The highest BCUT2D eigenvalue weighted by molar-refractivity contribution is 6.01. The molecule has 0 bridgehead atoms. The Hall–Kier alpha value is -4.51. The van der Waals surface area contributed by atoms with Gasteiger partial charge < -0.3 is 14.8 Å². The molecule has 268 valence electrons. The second-order valence-electron chi connectivity index (χ2n) is 16.7. The lowest BCUT2D eigenvalue weighted by Crippen LogP contribution is -2.61. The van der Waals surface area contributed by atoms with E-state index >= 15 is 0 Å². The van der Waals surface area contributed by atoms with Crippen molar-refractivity contribution >= 4 is 34.4 Å². The quantitative estimate of drug-likeness (QED) is 0.230. The van der Waals surface area contributed by atoms with E-state index in [2.05, 4.69) is 65.0 Å². The average molecular weight is 691 g/mol. The smallest absolute Gasteiger partial charge is 0.254 e. The number of rotatable bonds is 6. The van der Waals surface area contributed by atoms with Gasteiger partial charge in [-0.2, -0.15) is 5.10 Å². The van der Waals surface area contributed by atoms with Gasteiger partial charge >= 0.3 is 0 Å². The number of carbonyl (C=O) groups is 3. The molecule has 0 radical (unpaired) electrons. The van der Waals surface area contributed by atoms with Crippen LogP contribution in [0.5, 0.6) is 0 Å². The number of H-pyrrole nitrogens is 2. The molecule has 1 atom stereocenters. The number of hydrogen-bond donors (Lipinski definition) is 3. The minimum Gasteiger partial charge on any atom is -0.357 e. The summed E-state index contributed by atoms with van der Waals surface area (Å²) in [4.78, 5) is 52.9. The summed E-state index contributed by atoms with van der Waals surface area (Å²) in [6.07, 6.45) is 8.06.